The Kier molecular flexibility index (Phi) is 3.84. The topological polar surface area (TPSA) is 61.0 Å². The highest BCUT2D eigenvalue weighted by molar-refractivity contribution is 9.10. The van der Waals surface area contributed by atoms with Crippen LogP contribution in [-0.2, 0) is 0 Å². The Morgan fingerprint density at radius 2 is 2.00 bits per heavy atom. The fourth-order valence-corrected chi connectivity index (χ4v) is 3.63. The summed E-state index contributed by atoms with van der Waals surface area (Å²) in [4.78, 5) is 4.09. The maximum absolute atomic E-state index is 6.01. The Hall–Kier alpha value is -2.21. The van der Waals surface area contributed by atoms with Gasteiger partial charge in [0.1, 0.15) is 5.75 Å². The molecule has 24 heavy (non-hydrogen) atoms. The zero-order valence-electron chi connectivity index (χ0n) is 13.3. The Morgan fingerprint density at radius 3 is 2.79 bits per heavy atom. The summed E-state index contributed by atoms with van der Waals surface area (Å²) in [6.45, 7) is 4.15. The van der Waals surface area contributed by atoms with Crippen LogP contribution >= 0.6 is 15.9 Å². The average Bonchev–Trinajstić information content (AvgIpc) is 3.20. The van der Waals surface area contributed by atoms with Crippen LogP contribution in [0, 0.1) is 0 Å². The highest BCUT2D eigenvalue weighted by Crippen LogP contribution is 2.45. The number of aromatic nitrogens is 3. The van der Waals surface area contributed by atoms with Crippen molar-refractivity contribution in [3.63, 3.8) is 0 Å². The molecule has 1 aliphatic heterocycles. The fourth-order valence-electron chi connectivity index (χ4n) is 3.04. The largest absolute Gasteiger partial charge is 0.480 e. The molecule has 6 heteroatoms. The first-order valence-electron chi connectivity index (χ1n) is 7.83. The maximum Gasteiger partial charge on any atom is 0.257 e. The summed E-state index contributed by atoms with van der Waals surface area (Å²) >= 11 is 3.52. The Balaban J connectivity index is 1.61. The van der Waals surface area contributed by atoms with E-state index in [4.69, 9.17) is 9.15 Å². The van der Waals surface area contributed by atoms with Gasteiger partial charge >= 0.3 is 0 Å². The third-order valence-corrected chi connectivity index (χ3v) is 5.12. The molecule has 1 aromatic carbocycles. The number of rotatable bonds is 3. The van der Waals surface area contributed by atoms with E-state index in [1.165, 1.54) is 5.56 Å². The van der Waals surface area contributed by atoms with Gasteiger partial charge in [-0.25, -0.2) is 0 Å². The van der Waals surface area contributed by atoms with Crippen molar-refractivity contribution in [1.29, 1.82) is 0 Å². The van der Waals surface area contributed by atoms with Gasteiger partial charge in [-0.1, -0.05) is 25.1 Å². The summed E-state index contributed by atoms with van der Waals surface area (Å²) in [5.41, 5.74) is 2.23. The smallest absolute Gasteiger partial charge is 0.257 e. The van der Waals surface area contributed by atoms with Crippen molar-refractivity contribution in [3.8, 4) is 5.75 Å². The molecule has 0 radical (unpaired) electrons. The van der Waals surface area contributed by atoms with Crippen molar-refractivity contribution in [1.82, 2.24) is 15.2 Å². The SMILES string of the molecule is CC(c1nnc([C@@H]2Oc3ccccc3[C@@H]2C)o1)c1ccncc1Br. The molecule has 3 aromatic rings. The highest BCUT2D eigenvalue weighted by atomic mass is 79.9. The van der Waals surface area contributed by atoms with Gasteiger partial charge in [0.15, 0.2) is 6.10 Å². The van der Waals surface area contributed by atoms with E-state index in [9.17, 15) is 0 Å². The molecule has 0 aliphatic carbocycles. The Bertz CT molecular complexity index is 880. The second-order valence-electron chi connectivity index (χ2n) is 5.96. The molecule has 1 unspecified atom stereocenters. The van der Waals surface area contributed by atoms with Gasteiger partial charge in [0.25, 0.3) is 5.89 Å². The summed E-state index contributed by atoms with van der Waals surface area (Å²) in [7, 11) is 0. The molecule has 0 spiro atoms. The molecule has 3 atom stereocenters. The van der Waals surface area contributed by atoms with Crippen LogP contribution in [0.2, 0.25) is 0 Å². The number of pyridine rings is 1. The van der Waals surface area contributed by atoms with E-state index in [1.807, 2.05) is 31.2 Å². The minimum atomic E-state index is -0.239. The third-order valence-electron chi connectivity index (χ3n) is 4.46. The molecule has 0 saturated heterocycles. The Labute approximate surface area is 148 Å². The first-order chi connectivity index (χ1) is 11.6. The molecule has 3 heterocycles. The second-order valence-corrected chi connectivity index (χ2v) is 6.82. The van der Waals surface area contributed by atoms with Gasteiger partial charge in [0.05, 0.1) is 5.92 Å². The van der Waals surface area contributed by atoms with E-state index in [0.717, 1.165) is 15.8 Å². The predicted octanol–water partition coefficient (Wildman–Crippen LogP) is 4.62. The standard InChI is InChI=1S/C18H16BrN3O2/c1-10-13-5-3-4-6-15(13)23-16(10)18-22-21-17(24-18)11(2)12-7-8-20-9-14(12)19/h3-11,16H,1-2H3/t10-,11?,16+/m0/s1. The van der Waals surface area contributed by atoms with Crippen LogP contribution in [0.3, 0.4) is 0 Å². The highest BCUT2D eigenvalue weighted by Gasteiger charge is 2.36. The summed E-state index contributed by atoms with van der Waals surface area (Å²) in [5, 5.41) is 8.47. The van der Waals surface area contributed by atoms with Crippen molar-refractivity contribution in [2.24, 2.45) is 0 Å². The van der Waals surface area contributed by atoms with E-state index < -0.39 is 0 Å². The lowest BCUT2D eigenvalue weighted by Gasteiger charge is -2.11. The molecule has 0 fully saturated rings. The number of para-hydroxylation sites is 1. The average molecular weight is 386 g/mol. The van der Waals surface area contributed by atoms with Crippen molar-refractivity contribution in [2.75, 3.05) is 0 Å². The third kappa shape index (κ3) is 2.51. The zero-order chi connectivity index (χ0) is 16.7. The maximum atomic E-state index is 6.01. The number of benzene rings is 1. The number of nitrogens with zero attached hydrogens (tertiary/aromatic N) is 3. The number of halogens is 1. The van der Waals surface area contributed by atoms with Gasteiger partial charge in [-0.2, -0.15) is 0 Å². The van der Waals surface area contributed by atoms with E-state index in [-0.39, 0.29) is 17.9 Å². The quantitative estimate of drug-likeness (QED) is 0.658. The Morgan fingerprint density at radius 1 is 1.17 bits per heavy atom. The van der Waals surface area contributed by atoms with Gasteiger partial charge in [0.2, 0.25) is 5.89 Å². The number of hydrogen-bond donors (Lipinski definition) is 0. The molecule has 4 rings (SSSR count). The van der Waals surface area contributed by atoms with Crippen LogP contribution in [-0.4, -0.2) is 15.2 Å². The first kappa shape index (κ1) is 15.3. The molecule has 1 aliphatic rings. The fraction of sp³-hybridized carbons (Fsp3) is 0.278. The summed E-state index contributed by atoms with van der Waals surface area (Å²) in [5.74, 6) is 2.13. The van der Waals surface area contributed by atoms with Gasteiger partial charge in [0, 0.05) is 28.3 Å². The molecule has 2 aromatic heterocycles. The van der Waals surface area contributed by atoms with Crippen molar-refractivity contribution in [3.05, 3.63) is 70.1 Å². The molecular weight excluding hydrogens is 370 g/mol. The monoisotopic (exact) mass is 385 g/mol. The van der Waals surface area contributed by atoms with Crippen LogP contribution in [0.1, 0.15) is 54.7 Å². The van der Waals surface area contributed by atoms with Crippen LogP contribution in [0.25, 0.3) is 0 Å². The first-order valence-corrected chi connectivity index (χ1v) is 8.62. The van der Waals surface area contributed by atoms with Crippen LogP contribution in [0.4, 0.5) is 0 Å². The molecule has 5 nitrogen and oxygen atoms in total. The molecular formula is C18H16BrN3O2. The summed E-state index contributed by atoms with van der Waals surface area (Å²) in [6.07, 6.45) is 3.28. The summed E-state index contributed by atoms with van der Waals surface area (Å²) < 4.78 is 12.9. The van der Waals surface area contributed by atoms with E-state index in [2.05, 4.69) is 44.1 Å². The van der Waals surface area contributed by atoms with Crippen LogP contribution in [0.5, 0.6) is 5.75 Å². The number of ether oxygens (including phenoxy) is 1. The number of fused-ring (bicyclic) bond motifs is 1. The van der Waals surface area contributed by atoms with Gasteiger partial charge in [-0.15, -0.1) is 10.2 Å². The number of hydrogen-bond acceptors (Lipinski definition) is 5. The van der Waals surface area contributed by atoms with Crippen molar-refractivity contribution >= 4 is 15.9 Å². The lowest BCUT2D eigenvalue weighted by molar-refractivity contribution is 0.174. The van der Waals surface area contributed by atoms with Crippen LogP contribution < -0.4 is 4.74 Å². The minimum Gasteiger partial charge on any atom is -0.480 e. The lowest BCUT2D eigenvalue weighted by Crippen LogP contribution is -2.07. The van der Waals surface area contributed by atoms with Crippen molar-refractivity contribution in [2.45, 2.75) is 31.8 Å². The van der Waals surface area contributed by atoms with Gasteiger partial charge in [-0.05, 0) is 40.5 Å². The molecule has 0 bridgehead atoms. The van der Waals surface area contributed by atoms with Gasteiger partial charge in [-0.3, -0.25) is 4.98 Å². The molecule has 0 N–H and O–H groups in total. The minimum absolute atomic E-state index is 0.0253. The molecule has 0 saturated carbocycles. The van der Waals surface area contributed by atoms with Crippen molar-refractivity contribution < 1.29 is 9.15 Å². The van der Waals surface area contributed by atoms with E-state index >= 15 is 0 Å². The lowest BCUT2D eigenvalue weighted by atomic mass is 9.98. The summed E-state index contributed by atoms with van der Waals surface area (Å²) in [6, 6.07) is 9.98. The normalized spacial score (nSPS) is 20.5. The van der Waals surface area contributed by atoms with E-state index in [1.54, 1.807) is 12.4 Å². The zero-order valence-corrected chi connectivity index (χ0v) is 14.9. The molecule has 122 valence electrons. The molecule has 0 amide bonds. The predicted molar refractivity (Wildman–Crippen MR) is 92.0 cm³/mol. The van der Waals surface area contributed by atoms with Crippen LogP contribution in [0.15, 0.2) is 51.6 Å². The van der Waals surface area contributed by atoms with E-state index in [0.29, 0.717) is 11.8 Å². The second kappa shape index (κ2) is 6.02. The van der Waals surface area contributed by atoms with Gasteiger partial charge < -0.3 is 9.15 Å².